The van der Waals surface area contributed by atoms with E-state index in [1.165, 1.54) is 17.7 Å². The first kappa shape index (κ1) is 25.8. The molecule has 2 fully saturated rings. The van der Waals surface area contributed by atoms with Crippen molar-refractivity contribution in [3.8, 4) is 23.3 Å². The monoisotopic (exact) mass is 536 g/mol. The molecule has 2 aromatic carbocycles. The first-order chi connectivity index (χ1) is 18.5. The minimum atomic E-state index is -4.42. The van der Waals surface area contributed by atoms with E-state index in [0.717, 1.165) is 62.0 Å². The summed E-state index contributed by atoms with van der Waals surface area (Å²) in [7, 11) is 1.72. The molecule has 1 saturated carbocycles. The van der Waals surface area contributed by atoms with Gasteiger partial charge in [-0.3, -0.25) is 9.69 Å². The van der Waals surface area contributed by atoms with Gasteiger partial charge in [0, 0.05) is 42.1 Å². The molecule has 4 aliphatic rings. The van der Waals surface area contributed by atoms with Crippen molar-refractivity contribution < 1.29 is 27.8 Å². The molecule has 2 aliphatic carbocycles. The average molecular weight is 537 g/mol. The van der Waals surface area contributed by atoms with E-state index in [-0.39, 0.29) is 23.3 Å². The summed E-state index contributed by atoms with van der Waals surface area (Å²) >= 11 is 0. The number of hydrogen-bond acceptors (Lipinski definition) is 4. The van der Waals surface area contributed by atoms with Crippen molar-refractivity contribution in [2.45, 2.75) is 62.4 Å². The lowest BCUT2D eigenvalue weighted by Gasteiger charge is -2.60. The Kier molecular flexibility index (Phi) is 5.99. The van der Waals surface area contributed by atoms with E-state index in [4.69, 9.17) is 4.74 Å². The van der Waals surface area contributed by atoms with Crippen LogP contribution >= 0.6 is 0 Å². The number of ether oxygens (including phenoxy) is 1. The van der Waals surface area contributed by atoms with Crippen molar-refractivity contribution in [3.05, 3.63) is 70.8 Å². The van der Waals surface area contributed by atoms with Gasteiger partial charge in [0.1, 0.15) is 6.10 Å². The van der Waals surface area contributed by atoms with E-state index in [1.54, 1.807) is 18.0 Å². The van der Waals surface area contributed by atoms with Crippen LogP contribution in [0.15, 0.2) is 48.6 Å². The normalized spacial score (nSPS) is 28.5. The minimum absolute atomic E-state index is 0.133. The van der Waals surface area contributed by atoms with Crippen LogP contribution in [-0.4, -0.2) is 59.1 Å². The summed E-state index contributed by atoms with van der Waals surface area (Å²) in [5.41, 5.74) is 2.74. The van der Waals surface area contributed by atoms with E-state index in [0.29, 0.717) is 23.3 Å². The minimum Gasteiger partial charge on any atom is -0.504 e. The van der Waals surface area contributed by atoms with Crippen molar-refractivity contribution in [1.82, 2.24) is 9.80 Å². The fraction of sp³-hybridized carbons (Fsp3) is 0.452. The number of aromatic hydroxyl groups is 1. The maximum absolute atomic E-state index is 13.2. The van der Waals surface area contributed by atoms with Gasteiger partial charge < -0.3 is 14.7 Å². The predicted octanol–water partition coefficient (Wildman–Crippen LogP) is 4.91. The molecule has 2 heterocycles. The van der Waals surface area contributed by atoms with Crippen LogP contribution in [-0.2, 0) is 22.8 Å². The number of likely N-dealkylation sites (tertiary alicyclic amines) is 1. The van der Waals surface area contributed by atoms with E-state index in [9.17, 15) is 23.1 Å². The number of hydrogen-bond donors (Lipinski definition) is 1. The quantitative estimate of drug-likeness (QED) is 0.448. The number of alkyl halides is 3. The molecule has 2 aliphatic heterocycles. The average Bonchev–Trinajstić information content (AvgIpc) is 3.24. The number of carbonyl (C=O) groups excluding carboxylic acids is 1. The van der Waals surface area contributed by atoms with Gasteiger partial charge in [-0.05, 0) is 81.0 Å². The molecule has 204 valence electrons. The standard InChI is InChI=1S/C31H31F3N2O3/c1-18(2)17-36-15-14-30-22-10-11-23(29(30)39-28-25(37)12-7-20(27(28)30)16-24(22)36)35(3)26(38)13-6-19-4-8-21(9-5-19)31(32,33)34/h4-5,7-9,12,22-24,29,37H,1,10-11,14-17H2,2-3H3/t22-,23-,24+,29-,30-/m0/s1. The van der Waals surface area contributed by atoms with Crippen molar-refractivity contribution in [3.63, 3.8) is 0 Å². The van der Waals surface area contributed by atoms with Crippen LogP contribution in [0.1, 0.15) is 48.4 Å². The molecular weight excluding hydrogens is 505 g/mol. The van der Waals surface area contributed by atoms with Gasteiger partial charge in [-0.2, -0.15) is 13.2 Å². The van der Waals surface area contributed by atoms with E-state index in [1.807, 2.05) is 6.07 Å². The zero-order valence-electron chi connectivity index (χ0n) is 22.0. The highest BCUT2D eigenvalue weighted by Crippen LogP contribution is 2.64. The van der Waals surface area contributed by atoms with Gasteiger partial charge in [0.15, 0.2) is 11.5 Å². The number of halogens is 3. The molecular formula is C31H31F3N2O3. The van der Waals surface area contributed by atoms with Gasteiger partial charge in [-0.25, -0.2) is 0 Å². The summed E-state index contributed by atoms with van der Waals surface area (Å²) in [6.07, 6.45) is -1.31. The SMILES string of the molecule is C=C(C)CN1CC[C@]23c4c5ccc(O)c4O[C@H]2[C@@H](N(C)C(=O)C#Cc2ccc(C(F)(F)F)cc2)CC[C@H]3[C@H]1C5. The molecule has 6 rings (SSSR count). The second kappa shape index (κ2) is 9.06. The lowest BCUT2D eigenvalue weighted by atomic mass is 9.51. The third kappa shape index (κ3) is 4.01. The second-order valence-corrected chi connectivity index (χ2v) is 11.5. The molecule has 0 unspecified atom stereocenters. The number of phenols is 1. The first-order valence-electron chi connectivity index (χ1n) is 13.4. The molecule has 0 radical (unpaired) electrons. The molecule has 5 atom stereocenters. The Balaban J connectivity index is 1.30. The van der Waals surface area contributed by atoms with E-state index >= 15 is 0 Å². The lowest BCUT2D eigenvalue weighted by molar-refractivity contribution is -0.137. The van der Waals surface area contributed by atoms with Gasteiger partial charge >= 0.3 is 6.18 Å². The molecule has 1 spiro atoms. The molecule has 0 aromatic heterocycles. The Morgan fingerprint density at radius 3 is 2.67 bits per heavy atom. The van der Waals surface area contributed by atoms with Crippen molar-refractivity contribution in [2.24, 2.45) is 5.92 Å². The number of likely N-dealkylation sites (N-methyl/N-ethyl adjacent to an activating group) is 1. The van der Waals surface area contributed by atoms with Crippen LogP contribution in [0.4, 0.5) is 13.2 Å². The summed E-state index contributed by atoms with van der Waals surface area (Å²) in [5.74, 6) is 5.95. The molecule has 1 amide bonds. The second-order valence-electron chi connectivity index (χ2n) is 11.5. The maximum Gasteiger partial charge on any atom is 0.416 e. The molecule has 5 nitrogen and oxygen atoms in total. The van der Waals surface area contributed by atoms with Crippen molar-refractivity contribution in [1.29, 1.82) is 0 Å². The Hall–Kier alpha value is -3.44. The van der Waals surface area contributed by atoms with Gasteiger partial charge in [-0.1, -0.05) is 24.1 Å². The third-order valence-electron chi connectivity index (χ3n) is 9.22. The van der Waals surface area contributed by atoms with Crippen LogP contribution in [0.2, 0.25) is 0 Å². The first-order valence-corrected chi connectivity index (χ1v) is 13.4. The summed E-state index contributed by atoms with van der Waals surface area (Å²) in [6, 6.07) is 8.29. The number of amides is 1. The Morgan fingerprint density at radius 1 is 1.23 bits per heavy atom. The maximum atomic E-state index is 13.2. The van der Waals surface area contributed by atoms with E-state index < -0.39 is 17.6 Å². The van der Waals surface area contributed by atoms with E-state index in [2.05, 4.69) is 30.2 Å². The molecule has 2 bridgehead atoms. The zero-order valence-corrected chi connectivity index (χ0v) is 22.0. The molecule has 39 heavy (non-hydrogen) atoms. The smallest absolute Gasteiger partial charge is 0.416 e. The zero-order chi connectivity index (χ0) is 27.7. The van der Waals surface area contributed by atoms with Gasteiger partial charge in [0.05, 0.1) is 11.6 Å². The number of benzene rings is 2. The van der Waals surface area contributed by atoms with Crippen molar-refractivity contribution in [2.75, 3.05) is 20.1 Å². The number of nitrogens with zero attached hydrogens (tertiary/aromatic N) is 2. The Bertz CT molecular complexity index is 1410. The molecule has 8 heteroatoms. The van der Waals surface area contributed by atoms with Crippen LogP contribution < -0.4 is 4.74 Å². The summed E-state index contributed by atoms with van der Waals surface area (Å²) in [5, 5.41) is 10.8. The van der Waals surface area contributed by atoms with Crippen LogP contribution in [0.3, 0.4) is 0 Å². The van der Waals surface area contributed by atoms with Crippen LogP contribution in [0, 0.1) is 17.8 Å². The van der Waals surface area contributed by atoms with Crippen LogP contribution in [0.5, 0.6) is 11.5 Å². The summed E-state index contributed by atoms with van der Waals surface area (Å²) < 4.78 is 45.2. The number of rotatable bonds is 3. The van der Waals surface area contributed by atoms with Gasteiger partial charge in [0.2, 0.25) is 0 Å². The molecule has 2 aromatic rings. The van der Waals surface area contributed by atoms with Crippen LogP contribution in [0.25, 0.3) is 0 Å². The lowest BCUT2D eigenvalue weighted by Crippen LogP contribution is -2.69. The third-order valence-corrected chi connectivity index (χ3v) is 9.22. The highest BCUT2D eigenvalue weighted by atomic mass is 19.4. The molecule has 1 N–H and O–H groups in total. The van der Waals surface area contributed by atoms with Crippen molar-refractivity contribution >= 4 is 5.91 Å². The Morgan fingerprint density at radius 2 is 1.97 bits per heavy atom. The number of carbonyl (C=O) groups is 1. The van der Waals surface area contributed by atoms with Gasteiger partial charge in [-0.15, -0.1) is 0 Å². The topological polar surface area (TPSA) is 53.0 Å². The summed E-state index contributed by atoms with van der Waals surface area (Å²) in [4.78, 5) is 17.4. The highest BCUT2D eigenvalue weighted by Gasteiger charge is 2.66. The highest BCUT2D eigenvalue weighted by molar-refractivity contribution is 5.94. The van der Waals surface area contributed by atoms with Gasteiger partial charge in [0.25, 0.3) is 5.91 Å². The summed E-state index contributed by atoms with van der Waals surface area (Å²) in [6.45, 7) is 7.94. The molecule has 1 saturated heterocycles. The number of phenolic OH excluding ortho intramolecular Hbond substituents is 1. The number of piperidine rings is 1. The Labute approximate surface area is 226 Å². The largest absolute Gasteiger partial charge is 0.504 e. The fourth-order valence-corrected chi connectivity index (χ4v) is 7.64. The predicted molar refractivity (Wildman–Crippen MR) is 140 cm³/mol. The fourth-order valence-electron chi connectivity index (χ4n) is 7.64.